The Hall–Kier alpha value is -1.55. The number of nitrogens with two attached hydrogens (primary N) is 1. The van der Waals surface area contributed by atoms with Crippen molar-refractivity contribution in [2.75, 3.05) is 12.3 Å². The van der Waals surface area contributed by atoms with Gasteiger partial charge in [0.15, 0.2) is 0 Å². The molecule has 0 aliphatic heterocycles. The van der Waals surface area contributed by atoms with Crippen LogP contribution in [-0.4, -0.2) is 18.6 Å². The fourth-order valence-corrected chi connectivity index (χ4v) is 1.36. The van der Waals surface area contributed by atoms with E-state index in [-0.39, 0.29) is 11.9 Å². The molecule has 0 spiro atoms. The van der Waals surface area contributed by atoms with Crippen molar-refractivity contribution in [2.45, 2.75) is 32.9 Å². The van der Waals surface area contributed by atoms with Crippen LogP contribution in [0.3, 0.4) is 0 Å². The molecule has 4 heteroatoms. The number of nitrogens with one attached hydrogen (secondary N) is 1. The number of anilines is 1. The van der Waals surface area contributed by atoms with Crippen LogP contribution in [0.15, 0.2) is 24.3 Å². The lowest BCUT2D eigenvalue weighted by Crippen LogP contribution is -2.30. The molecule has 94 valence electrons. The molecule has 0 aliphatic carbocycles. The summed E-state index contributed by atoms with van der Waals surface area (Å²) in [5.74, 6) is 0.0253. The summed E-state index contributed by atoms with van der Waals surface area (Å²) in [5.41, 5.74) is 7.37. The predicted octanol–water partition coefficient (Wildman–Crippen LogP) is 1.70. The van der Waals surface area contributed by atoms with Crippen LogP contribution in [0.25, 0.3) is 0 Å². The van der Waals surface area contributed by atoms with E-state index >= 15 is 0 Å². The van der Waals surface area contributed by atoms with Crippen LogP contribution in [0.4, 0.5) is 5.69 Å². The molecule has 0 bridgehead atoms. The SMILES string of the molecule is CC(C)NC(=O)CCOCc1ccc(N)cc1. The van der Waals surface area contributed by atoms with Crippen LogP contribution >= 0.6 is 0 Å². The van der Waals surface area contributed by atoms with Crippen LogP contribution < -0.4 is 11.1 Å². The van der Waals surface area contributed by atoms with Crippen molar-refractivity contribution in [3.8, 4) is 0 Å². The molecular formula is C13H20N2O2. The lowest BCUT2D eigenvalue weighted by atomic mass is 10.2. The second-order valence-corrected chi connectivity index (χ2v) is 4.27. The first kappa shape index (κ1) is 13.5. The van der Waals surface area contributed by atoms with Gasteiger partial charge in [-0.15, -0.1) is 0 Å². The summed E-state index contributed by atoms with van der Waals surface area (Å²) in [7, 11) is 0. The van der Waals surface area contributed by atoms with Gasteiger partial charge < -0.3 is 15.8 Å². The van der Waals surface area contributed by atoms with E-state index in [9.17, 15) is 4.79 Å². The van der Waals surface area contributed by atoms with E-state index in [1.165, 1.54) is 0 Å². The molecule has 4 nitrogen and oxygen atoms in total. The van der Waals surface area contributed by atoms with Crippen LogP contribution in [-0.2, 0) is 16.1 Å². The van der Waals surface area contributed by atoms with Gasteiger partial charge >= 0.3 is 0 Å². The molecule has 1 amide bonds. The number of benzene rings is 1. The molecule has 1 aromatic rings. The Balaban J connectivity index is 2.16. The normalized spacial score (nSPS) is 10.5. The lowest BCUT2D eigenvalue weighted by Gasteiger charge is -2.08. The molecule has 1 aromatic carbocycles. The van der Waals surface area contributed by atoms with Crippen LogP contribution in [0.5, 0.6) is 0 Å². The number of carbonyl (C=O) groups is 1. The van der Waals surface area contributed by atoms with Gasteiger partial charge in [0.05, 0.1) is 13.2 Å². The van der Waals surface area contributed by atoms with E-state index in [0.29, 0.717) is 19.6 Å². The topological polar surface area (TPSA) is 64.3 Å². The smallest absolute Gasteiger partial charge is 0.222 e. The number of rotatable bonds is 6. The zero-order valence-corrected chi connectivity index (χ0v) is 10.4. The molecule has 0 radical (unpaired) electrons. The summed E-state index contributed by atoms with van der Waals surface area (Å²) in [5, 5.41) is 2.81. The highest BCUT2D eigenvalue weighted by Gasteiger charge is 2.02. The maximum atomic E-state index is 11.3. The monoisotopic (exact) mass is 236 g/mol. The number of nitrogen functional groups attached to an aromatic ring is 1. The van der Waals surface area contributed by atoms with Crippen molar-refractivity contribution >= 4 is 11.6 Å². The van der Waals surface area contributed by atoms with Crippen LogP contribution in [0.1, 0.15) is 25.8 Å². The van der Waals surface area contributed by atoms with Gasteiger partial charge in [0.2, 0.25) is 5.91 Å². The quantitative estimate of drug-likeness (QED) is 0.583. The third-order valence-electron chi connectivity index (χ3n) is 2.17. The van der Waals surface area contributed by atoms with Crippen molar-refractivity contribution in [2.24, 2.45) is 0 Å². The van der Waals surface area contributed by atoms with Gasteiger partial charge in [-0.2, -0.15) is 0 Å². The number of hydrogen-bond donors (Lipinski definition) is 2. The minimum absolute atomic E-state index is 0.0253. The molecule has 0 atom stereocenters. The average molecular weight is 236 g/mol. The Bertz CT molecular complexity index is 347. The highest BCUT2D eigenvalue weighted by Crippen LogP contribution is 2.06. The molecule has 0 aliphatic rings. The summed E-state index contributed by atoms with van der Waals surface area (Å²) >= 11 is 0. The standard InChI is InChI=1S/C13H20N2O2/c1-10(2)15-13(16)7-8-17-9-11-3-5-12(14)6-4-11/h3-6,10H,7-9,14H2,1-2H3,(H,15,16). The Morgan fingerprint density at radius 1 is 1.35 bits per heavy atom. The first-order chi connectivity index (χ1) is 8.08. The largest absolute Gasteiger partial charge is 0.399 e. The Morgan fingerprint density at radius 3 is 2.59 bits per heavy atom. The maximum Gasteiger partial charge on any atom is 0.222 e. The summed E-state index contributed by atoms with van der Waals surface area (Å²) in [6.45, 7) is 4.82. The van der Waals surface area contributed by atoms with Gasteiger partial charge in [-0.25, -0.2) is 0 Å². The van der Waals surface area contributed by atoms with Gasteiger partial charge in [-0.3, -0.25) is 4.79 Å². The third-order valence-corrected chi connectivity index (χ3v) is 2.17. The first-order valence-electron chi connectivity index (χ1n) is 5.79. The second-order valence-electron chi connectivity index (χ2n) is 4.27. The first-order valence-corrected chi connectivity index (χ1v) is 5.79. The summed E-state index contributed by atoms with van der Waals surface area (Å²) in [6.07, 6.45) is 0.396. The zero-order chi connectivity index (χ0) is 12.7. The maximum absolute atomic E-state index is 11.3. The van der Waals surface area contributed by atoms with Crippen molar-refractivity contribution in [1.82, 2.24) is 5.32 Å². The minimum atomic E-state index is 0.0253. The average Bonchev–Trinajstić information content (AvgIpc) is 2.26. The zero-order valence-electron chi connectivity index (χ0n) is 10.4. The number of hydrogen-bond acceptors (Lipinski definition) is 3. The Labute approximate surface area is 102 Å². The van der Waals surface area contributed by atoms with Gasteiger partial charge in [0, 0.05) is 18.2 Å². The van der Waals surface area contributed by atoms with Crippen molar-refractivity contribution in [3.05, 3.63) is 29.8 Å². The molecule has 0 saturated heterocycles. The molecule has 0 unspecified atom stereocenters. The predicted molar refractivity (Wildman–Crippen MR) is 68.4 cm³/mol. The highest BCUT2D eigenvalue weighted by molar-refractivity contribution is 5.76. The minimum Gasteiger partial charge on any atom is -0.399 e. The van der Waals surface area contributed by atoms with Gasteiger partial charge in [-0.05, 0) is 31.5 Å². The van der Waals surface area contributed by atoms with Gasteiger partial charge in [-0.1, -0.05) is 12.1 Å². The van der Waals surface area contributed by atoms with Crippen molar-refractivity contribution in [1.29, 1.82) is 0 Å². The second kappa shape index (κ2) is 6.91. The molecule has 17 heavy (non-hydrogen) atoms. The molecule has 3 N–H and O–H groups in total. The molecule has 0 fully saturated rings. The molecule has 1 rings (SSSR count). The highest BCUT2D eigenvalue weighted by atomic mass is 16.5. The fourth-order valence-electron chi connectivity index (χ4n) is 1.36. The van der Waals surface area contributed by atoms with Gasteiger partial charge in [0.1, 0.15) is 0 Å². The number of amides is 1. The molecule has 0 aromatic heterocycles. The summed E-state index contributed by atoms with van der Waals surface area (Å²) in [6, 6.07) is 7.70. The number of carbonyl (C=O) groups excluding carboxylic acids is 1. The van der Waals surface area contributed by atoms with E-state index in [1.807, 2.05) is 38.1 Å². The Morgan fingerprint density at radius 2 is 2.00 bits per heavy atom. The van der Waals surface area contributed by atoms with Crippen molar-refractivity contribution < 1.29 is 9.53 Å². The fraction of sp³-hybridized carbons (Fsp3) is 0.462. The summed E-state index contributed by atoms with van der Waals surface area (Å²) < 4.78 is 5.41. The number of ether oxygens (including phenoxy) is 1. The summed E-state index contributed by atoms with van der Waals surface area (Å²) in [4.78, 5) is 11.3. The van der Waals surface area contributed by atoms with Crippen molar-refractivity contribution in [3.63, 3.8) is 0 Å². The van der Waals surface area contributed by atoms with E-state index in [4.69, 9.17) is 10.5 Å². The molecule has 0 saturated carbocycles. The van der Waals surface area contributed by atoms with Gasteiger partial charge in [0.25, 0.3) is 0 Å². The van der Waals surface area contributed by atoms with E-state index in [2.05, 4.69) is 5.32 Å². The van der Waals surface area contributed by atoms with Crippen LogP contribution in [0, 0.1) is 0 Å². The van der Waals surface area contributed by atoms with E-state index in [1.54, 1.807) is 0 Å². The van der Waals surface area contributed by atoms with Crippen LogP contribution in [0.2, 0.25) is 0 Å². The Kier molecular flexibility index (Phi) is 5.49. The third kappa shape index (κ3) is 5.92. The lowest BCUT2D eigenvalue weighted by molar-refractivity contribution is -0.122. The molecule has 0 heterocycles. The van der Waals surface area contributed by atoms with E-state index < -0.39 is 0 Å². The van der Waals surface area contributed by atoms with E-state index in [0.717, 1.165) is 11.3 Å². The molecular weight excluding hydrogens is 216 g/mol.